The lowest BCUT2D eigenvalue weighted by atomic mass is 10.0. The van der Waals surface area contributed by atoms with Crippen molar-refractivity contribution in [1.82, 2.24) is 4.90 Å². The van der Waals surface area contributed by atoms with E-state index in [4.69, 9.17) is 10.5 Å². The Morgan fingerprint density at radius 3 is 2.24 bits per heavy atom. The predicted molar refractivity (Wildman–Crippen MR) is 130 cm³/mol. The van der Waals surface area contributed by atoms with Crippen molar-refractivity contribution in [2.24, 2.45) is 0 Å². The number of benzene rings is 3. The molecule has 1 aliphatic rings. The van der Waals surface area contributed by atoms with Crippen LogP contribution >= 0.6 is 0 Å². The van der Waals surface area contributed by atoms with E-state index < -0.39 is 34.8 Å². The average molecular weight is 503 g/mol. The lowest BCUT2D eigenvalue weighted by Crippen LogP contribution is -2.43. The number of para-hydroxylation sites is 1. The van der Waals surface area contributed by atoms with Crippen LogP contribution in [0.1, 0.15) is 36.1 Å². The zero-order chi connectivity index (χ0) is 27.0. The minimum Gasteiger partial charge on any atom is -0.355 e. The second-order valence-corrected chi connectivity index (χ2v) is 8.88. The van der Waals surface area contributed by atoms with Gasteiger partial charge in [0.2, 0.25) is 0 Å². The van der Waals surface area contributed by atoms with Crippen molar-refractivity contribution < 1.29 is 22.8 Å². The summed E-state index contributed by atoms with van der Waals surface area (Å²) in [6, 6.07) is 19.4. The summed E-state index contributed by atoms with van der Waals surface area (Å²) in [5.74, 6) is -0.687. The fourth-order valence-corrected chi connectivity index (χ4v) is 4.07. The molecular formula is C27H20F3N5O2. The predicted octanol–water partition coefficient (Wildman–Crippen LogP) is 5.94. The van der Waals surface area contributed by atoms with Crippen LogP contribution in [0.3, 0.4) is 0 Å². The molecule has 3 aromatic rings. The highest BCUT2D eigenvalue weighted by atomic mass is 19.4. The molecule has 0 saturated carbocycles. The number of imide groups is 1. The van der Waals surface area contributed by atoms with Gasteiger partial charge >= 0.3 is 12.2 Å². The van der Waals surface area contributed by atoms with Crippen LogP contribution in [0.25, 0.3) is 0 Å². The van der Waals surface area contributed by atoms with Gasteiger partial charge in [-0.05, 0) is 67.9 Å². The quantitative estimate of drug-likeness (QED) is 0.435. The number of rotatable bonds is 5. The van der Waals surface area contributed by atoms with Crippen LogP contribution in [0.2, 0.25) is 0 Å². The molecule has 37 heavy (non-hydrogen) atoms. The monoisotopic (exact) mass is 503 g/mol. The van der Waals surface area contributed by atoms with E-state index >= 15 is 0 Å². The number of nitriles is 2. The van der Waals surface area contributed by atoms with Crippen molar-refractivity contribution >= 4 is 29.0 Å². The van der Waals surface area contributed by atoms with Gasteiger partial charge in [-0.15, -0.1) is 0 Å². The van der Waals surface area contributed by atoms with E-state index in [1.54, 1.807) is 48.5 Å². The molecule has 0 aromatic heterocycles. The van der Waals surface area contributed by atoms with Crippen molar-refractivity contribution in [2.75, 3.05) is 10.2 Å². The number of urea groups is 1. The van der Waals surface area contributed by atoms with Crippen LogP contribution in [0.4, 0.5) is 35.0 Å². The van der Waals surface area contributed by atoms with Gasteiger partial charge in [-0.25, -0.2) is 9.69 Å². The fraction of sp³-hybridized carbons (Fsp3) is 0.185. The molecule has 1 fully saturated rings. The number of hydrogen-bond acceptors (Lipinski definition) is 5. The second kappa shape index (κ2) is 9.32. The number of carbonyl (C=O) groups excluding carboxylic acids is 2. The van der Waals surface area contributed by atoms with Gasteiger partial charge in [-0.1, -0.05) is 18.2 Å². The average Bonchev–Trinajstić information content (AvgIpc) is 3.03. The first-order chi connectivity index (χ1) is 17.5. The van der Waals surface area contributed by atoms with Gasteiger partial charge in [0.05, 0.1) is 41.1 Å². The summed E-state index contributed by atoms with van der Waals surface area (Å²) >= 11 is 0. The third kappa shape index (κ3) is 4.69. The molecule has 186 valence electrons. The molecule has 7 nitrogen and oxygen atoms in total. The maximum Gasteiger partial charge on any atom is 0.417 e. The molecule has 1 heterocycles. The van der Waals surface area contributed by atoms with Gasteiger partial charge in [0, 0.05) is 11.4 Å². The number of halogens is 3. The summed E-state index contributed by atoms with van der Waals surface area (Å²) in [6.07, 6.45) is -4.84. The van der Waals surface area contributed by atoms with E-state index in [1.165, 1.54) is 24.8 Å². The van der Waals surface area contributed by atoms with Crippen molar-refractivity contribution in [3.8, 4) is 12.1 Å². The van der Waals surface area contributed by atoms with Crippen LogP contribution in [0, 0.1) is 22.7 Å². The number of amides is 3. The van der Waals surface area contributed by atoms with Gasteiger partial charge in [0.15, 0.2) is 0 Å². The van der Waals surface area contributed by atoms with E-state index in [9.17, 15) is 22.8 Å². The van der Waals surface area contributed by atoms with Gasteiger partial charge < -0.3 is 10.2 Å². The molecule has 3 amide bonds. The summed E-state index contributed by atoms with van der Waals surface area (Å²) in [5.41, 5.74) is -0.924. The molecule has 1 N–H and O–H groups in total. The molecule has 1 aliphatic heterocycles. The summed E-state index contributed by atoms with van der Waals surface area (Å²) in [4.78, 5) is 28.7. The Hall–Kier alpha value is -4.83. The fourth-order valence-electron chi connectivity index (χ4n) is 4.07. The van der Waals surface area contributed by atoms with E-state index in [2.05, 4.69) is 5.32 Å². The lowest BCUT2D eigenvalue weighted by molar-refractivity contribution is -0.137. The zero-order valence-corrected chi connectivity index (χ0v) is 19.8. The molecule has 4 rings (SSSR count). The highest BCUT2D eigenvalue weighted by molar-refractivity contribution is 6.23. The number of hydrogen-bond donors (Lipinski definition) is 1. The summed E-state index contributed by atoms with van der Waals surface area (Å²) in [7, 11) is 0. The van der Waals surface area contributed by atoms with Gasteiger partial charge in [0.25, 0.3) is 5.91 Å². The highest BCUT2D eigenvalue weighted by Gasteiger charge is 2.52. The smallest absolute Gasteiger partial charge is 0.355 e. The Labute approximate surface area is 210 Å². The molecule has 1 saturated heterocycles. The number of nitrogens with one attached hydrogen (secondary N) is 1. The van der Waals surface area contributed by atoms with Crippen molar-refractivity contribution in [2.45, 2.75) is 32.1 Å². The van der Waals surface area contributed by atoms with Gasteiger partial charge in [-0.3, -0.25) is 4.79 Å². The molecule has 0 radical (unpaired) electrons. The SMILES string of the molecule is CC1(C)C(=O)N(c2ccc(C#N)c(C(F)(F)F)c2)C(=O)N1Cc1ccccc1Nc1ccc(C#N)cc1. The molecular weight excluding hydrogens is 483 g/mol. The Kier molecular flexibility index (Phi) is 6.37. The lowest BCUT2D eigenvalue weighted by Gasteiger charge is -2.28. The molecule has 0 spiro atoms. The largest absolute Gasteiger partial charge is 0.417 e. The maximum atomic E-state index is 13.5. The second-order valence-electron chi connectivity index (χ2n) is 8.88. The highest BCUT2D eigenvalue weighted by Crippen LogP contribution is 2.38. The number of nitrogens with zero attached hydrogens (tertiary/aromatic N) is 4. The molecule has 0 atom stereocenters. The number of alkyl halides is 3. The summed E-state index contributed by atoms with van der Waals surface area (Å²) < 4.78 is 40.5. The van der Waals surface area contributed by atoms with Gasteiger partial charge in [0.1, 0.15) is 5.54 Å². The normalized spacial score (nSPS) is 14.9. The first kappa shape index (κ1) is 25.3. The first-order valence-corrected chi connectivity index (χ1v) is 11.1. The van der Waals surface area contributed by atoms with E-state index in [-0.39, 0.29) is 12.2 Å². The van der Waals surface area contributed by atoms with Crippen LogP contribution in [-0.4, -0.2) is 22.4 Å². The van der Waals surface area contributed by atoms with E-state index in [0.717, 1.165) is 12.1 Å². The minimum atomic E-state index is -4.84. The molecule has 0 aliphatic carbocycles. The molecule has 10 heteroatoms. The molecule has 0 bridgehead atoms. The third-order valence-electron chi connectivity index (χ3n) is 6.15. The number of anilines is 3. The first-order valence-electron chi connectivity index (χ1n) is 11.1. The third-order valence-corrected chi connectivity index (χ3v) is 6.15. The standard InChI is InChI=1S/C27H20F3N5O2/c1-26(2)24(36)35(21-12-9-18(15-32)22(13-21)27(28,29)30)25(37)34(26)16-19-5-3-4-6-23(19)33-20-10-7-17(14-31)8-11-20/h3-13,33H,16H2,1-2H3. The zero-order valence-electron chi connectivity index (χ0n) is 19.8. The molecule has 3 aromatic carbocycles. The van der Waals surface area contributed by atoms with Crippen LogP contribution < -0.4 is 10.2 Å². The van der Waals surface area contributed by atoms with Gasteiger partial charge in [-0.2, -0.15) is 23.7 Å². The van der Waals surface area contributed by atoms with Crippen molar-refractivity contribution in [1.29, 1.82) is 10.5 Å². The van der Waals surface area contributed by atoms with Crippen molar-refractivity contribution in [3.05, 3.63) is 89.0 Å². The Morgan fingerprint density at radius 2 is 1.62 bits per heavy atom. The van der Waals surface area contributed by atoms with Crippen molar-refractivity contribution in [3.63, 3.8) is 0 Å². The summed E-state index contributed by atoms with van der Waals surface area (Å²) in [6.45, 7) is 3.05. The van der Waals surface area contributed by atoms with Crippen LogP contribution in [-0.2, 0) is 17.5 Å². The van der Waals surface area contributed by atoms with E-state index in [0.29, 0.717) is 33.5 Å². The summed E-state index contributed by atoms with van der Waals surface area (Å²) in [5, 5.41) is 21.3. The minimum absolute atomic E-state index is 0.00403. The Bertz CT molecular complexity index is 1470. The Morgan fingerprint density at radius 1 is 0.946 bits per heavy atom. The van der Waals surface area contributed by atoms with Crippen LogP contribution in [0.5, 0.6) is 0 Å². The van der Waals surface area contributed by atoms with Crippen LogP contribution in [0.15, 0.2) is 66.7 Å². The maximum absolute atomic E-state index is 13.5. The molecule has 0 unspecified atom stereocenters. The topological polar surface area (TPSA) is 100 Å². The number of carbonyl (C=O) groups is 2. The van der Waals surface area contributed by atoms with E-state index in [1.807, 2.05) is 6.07 Å². The Balaban J connectivity index is 1.66.